The summed E-state index contributed by atoms with van der Waals surface area (Å²) in [5.74, 6) is -1.35. The highest BCUT2D eigenvalue weighted by Gasteiger charge is 2.28. The molecule has 3 rings (SSSR count). The molecule has 3 nitrogen and oxygen atoms in total. The zero-order chi connectivity index (χ0) is 15.4. The molecule has 0 spiro atoms. The number of hydrogen-bond donors (Lipinski definition) is 2. The molecular weight excluding hydrogens is 274 g/mol. The third kappa shape index (κ3) is 3.10. The first kappa shape index (κ1) is 14.5. The fraction of sp³-hybridized carbons (Fsp3) is 0.211. The van der Waals surface area contributed by atoms with Gasteiger partial charge in [0.05, 0.1) is 0 Å². The largest absolute Gasteiger partial charge is 0.481 e. The Kier molecular flexibility index (Phi) is 4.35. The summed E-state index contributed by atoms with van der Waals surface area (Å²) in [7, 11) is 0. The second-order valence-electron chi connectivity index (χ2n) is 5.50. The molecule has 2 aromatic rings. The average molecular weight is 293 g/mol. The third-order valence-corrected chi connectivity index (χ3v) is 4.04. The summed E-state index contributed by atoms with van der Waals surface area (Å²) in [6.45, 7) is 0.826. The van der Waals surface area contributed by atoms with Crippen molar-refractivity contribution in [2.45, 2.75) is 18.4 Å². The average Bonchev–Trinajstić information content (AvgIpc) is 2.57. The summed E-state index contributed by atoms with van der Waals surface area (Å²) in [6, 6.07) is 17.8. The highest BCUT2D eigenvalue weighted by Crippen LogP contribution is 2.26. The van der Waals surface area contributed by atoms with Gasteiger partial charge in [-0.2, -0.15) is 0 Å². The predicted molar refractivity (Wildman–Crippen MR) is 87.8 cm³/mol. The summed E-state index contributed by atoms with van der Waals surface area (Å²) < 4.78 is 0. The molecule has 0 saturated heterocycles. The van der Waals surface area contributed by atoms with Crippen molar-refractivity contribution in [1.82, 2.24) is 5.32 Å². The van der Waals surface area contributed by atoms with Gasteiger partial charge in [-0.3, -0.25) is 4.79 Å². The molecule has 2 atom stereocenters. The minimum atomic E-state index is -0.795. The normalized spacial score (nSPS) is 18.8. The summed E-state index contributed by atoms with van der Waals surface area (Å²) in [4.78, 5) is 11.7. The van der Waals surface area contributed by atoms with Crippen LogP contribution in [0.5, 0.6) is 0 Å². The van der Waals surface area contributed by atoms with Gasteiger partial charge in [-0.1, -0.05) is 66.7 Å². The van der Waals surface area contributed by atoms with Crippen molar-refractivity contribution in [3.8, 4) is 11.1 Å². The second-order valence-corrected chi connectivity index (χ2v) is 5.50. The van der Waals surface area contributed by atoms with Crippen LogP contribution in [0.2, 0.25) is 0 Å². The van der Waals surface area contributed by atoms with E-state index in [9.17, 15) is 9.90 Å². The predicted octanol–water partition coefficient (Wildman–Crippen LogP) is 3.44. The maximum atomic E-state index is 11.7. The van der Waals surface area contributed by atoms with Crippen LogP contribution in [0, 0.1) is 0 Å². The number of hydrogen-bond acceptors (Lipinski definition) is 2. The zero-order valence-electron chi connectivity index (χ0n) is 12.3. The van der Waals surface area contributed by atoms with Crippen LogP contribution in [0.4, 0.5) is 0 Å². The highest BCUT2D eigenvalue weighted by atomic mass is 16.4. The van der Waals surface area contributed by atoms with Gasteiger partial charge in [-0.25, -0.2) is 0 Å². The first-order chi connectivity index (χ1) is 10.8. The van der Waals surface area contributed by atoms with Crippen molar-refractivity contribution in [2.24, 2.45) is 0 Å². The minimum absolute atomic E-state index is 0.145. The molecule has 2 unspecified atom stereocenters. The van der Waals surface area contributed by atoms with E-state index in [2.05, 4.69) is 23.5 Å². The van der Waals surface area contributed by atoms with E-state index < -0.39 is 11.9 Å². The van der Waals surface area contributed by atoms with Gasteiger partial charge < -0.3 is 10.4 Å². The number of rotatable bonds is 4. The van der Waals surface area contributed by atoms with Gasteiger partial charge in [0.2, 0.25) is 0 Å². The lowest BCUT2D eigenvalue weighted by Crippen LogP contribution is -2.39. The molecule has 0 radical (unpaired) electrons. The Hall–Kier alpha value is -2.39. The number of carboxylic acids is 1. The maximum absolute atomic E-state index is 11.7. The van der Waals surface area contributed by atoms with Crippen molar-refractivity contribution in [3.05, 3.63) is 72.3 Å². The first-order valence-electron chi connectivity index (χ1n) is 7.54. The van der Waals surface area contributed by atoms with Crippen LogP contribution in [-0.2, 0) is 4.79 Å². The third-order valence-electron chi connectivity index (χ3n) is 4.04. The van der Waals surface area contributed by atoms with Crippen LogP contribution in [0.15, 0.2) is 66.7 Å². The molecule has 1 aliphatic heterocycles. The minimum Gasteiger partial charge on any atom is -0.481 e. The Morgan fingerprint density at radius 2 is 1.73 bits per heavy atom. The van der Waals surface area contributed by atoms with Crippen LogP contribution < -0.4 is 5.32 Å². The summed E-state index contributed by atoms with van der Waals surface area (Å²) in [5, 5.41) is 12.9. The van der Waals surface area contributed by atoms with Gasteiger partial charge in [0.1, 0.15) is 5.92 Å². The molecule has 0 bridgehead atoms. The van der Waals surface area contributed by atoms with Crippen LogP contribution >= 0.6 is 0 Å². The quantitative estimate of drug-likeness (QED) is 0.849. The molecule has 2 aromatic carbocycles. The molecule has 1 heterocycles. The van der Waals surface area contributed by atoms with Crippen LogP contribution in [0.25, 0.3) is 11.1 Å². The van der Waals surface area contributed by atoms with Crippen molar-refractivity contribution >= 4 is 5.97 Å². The number of benzene rings is 2. The fourth-order valence-electron chi connectivity index (χ4n) is 2.89. The van der Waals surface area contributed by atoms with Crippen molar-refractivity contribution in [1.29, 1.82) is 0 Å². The van der Waals surface area contributed by atoms with E-state index in [-0.39, 0.29) is 6.04 Å². The SMILES string of the molecule is O=C(O)C(c1ccc(-c2ccccc2)cc1)C1C=CCCN1. The first-order valence-corrected chi connectivity index (χ1v) is 7.54. The molecule has 0 aliphatic carbocycles. The fourth-order valence-corrected chi connectivity index (χ4v) is 2.89. The molecule has 0 amide bonds. The number of aliphatic carboxylic acids is 1. The van der Waals surface area contributed by atoms with E-state index in [1.807, 2.05) is 48.5 Å². The van der Waals surface area contributed by atoms with Gasteiger partial charge in [0.25, 0.3) is 0 Å². The van der Waals surface area contributed by atoms with Gasteiger partial charge in [-0.15, -0.1) is 0 Å². The maximum Gasteiger partial charge on any atom is 0.312 e. The lowest BCUT2D eigenvalue weighted by molar-refractivity contribution is -0.139. The topological polar surface area (TPSA) is 49.3 Å². The Labute approximate surface area is 130 Å². The zero-order valence-corrected chi connectivity index (χ0v) is 12.3. The second kappa shape index (κ2) is 6.58. The molecule has 1 aliphatic rings. The molecule has 0 saturated carbocycles. The van der Waals surface area contributed by atoms with Gasteiger partial charge >= 0.3 is 5.97 Å². The molecule has 3 heteroatoms. The molecule has 2 N–H and O–H groups in total. The lowest BCUT2D eigenvalue weighted by Gasteiger charge is -2.25. The standard InChI is InChI=1S/C19H19NO2/c21-19(22)18(17-8-4-5-13-20-17)16-11-9-15(10-12-16)14-6-2-1-3-7-14/h1-4,6-12,17-18,20H,5,13H2,(H,21,22). The Bertz CT molecular complexity index is 662. The van der Waals surface area contributed by atoms with Gasteiger partial charge in [-0.05, 0) is 29.7 Å². The Balaban J connectivity index is 1.88. The van der Waals surface area contributed by atoms with E-state index in [1.165, 1.54) is 0 Å². The highest BCUT2D eigenvalue weighted by molar-refractivity contribution is 5.78. The molecular formula is C19H19NO2. The smallest absolute Gasteiger partial charge is 0.312 e. The van der Waals surface area contributed by atoms with Gasteiger partial charge in [0, 0.05) is 6.04 Å². The summed E-state index contributed by atoms with van der Waals surface area (Å²) in [6.07, 6.45) is 4.97. The number of carbonyl (C=O) groups is 1. The number of carboxylic acid groups (broad SMARTS) is 1. The van der Waals surface area contributed by atoms with Crippen molar-refractivity contribution in [3.63, 3.8) is 0 Å². The van der Waals surface area contributed by atoms with Gasteiger partial charge in [0.15, 0.2) is 0 Å². The van der Waals surface area contributed by atoms with Crippen LogP contribution in [0.3, 0.4) is 0 Å². The molecule has 0 aromatic heterocycles. The van der Waals surface area contributed by atoms with Crippen molar-refractivity contribution < 1.29 is 9.90 Å². The molecule has 112 valence electrons. The van der Waals surface area contributed by atoms with Crippen LogP contribution in [-0.4, -0.2) is 23.7 Å². The number of nitrogens with one attached hydrogen (secondary N) is 1. The molecule has 22 heavy (non-hydrogen) atoms. The van der Waals surface area contributed by atoms with Crippen LogP contribution in [0.1, 0.15) is 17.9 Å². The summed E-state index contributed by atoms with van der Waals surface area (Å²) in [5.41, 5.74) is 3.06. The lowest BCUT2D eigenvalue weighted by atomic mass is 9.89. The Morgan fingerprint density at radius 3 is 2.32 bits per heavy atom. The Morgan fingerprint density at radius 1 is 1.05 bits per heavy atom. The van der Waals surface area contributed by atoms with E-state index >= 15 is 0 Å². The monoisotopic (exact) mass is 293 g/mol. The van der Waals surface area contributed by atoms with E-state index in [1.54, 1.807) is 0 Å². The van der Waals surface area contributed by atoms with E-state index in [0.717, 1.165) is 29.7 Å². The summed E-state index contributed by atoms with van der Waals surface area (Å²) >= 11 is 0. The van der Waals surface area contributed by atoms with E-state index in [0.29, 0.717) is 0 Å². The molecule has 0 fully saturated rings. The van der Waals surface area contributed by atoms with E-state index in [4.69, 9.17) is 0 Å². The van der Waals surface area contributed by atoms with Crippen molar-refractivity contribution in [2.75, 3.05) is 6.54 Å².